The number of nitrogens with one attached hydrogen (secondary N) is 1. The Bertz CT molecular complexity index is 675. The highest BCUT2D eigenvalue weighted by atomic mass is 16.5. The zero-order valence-electron chi connectivity index (χ0n) is 18.2. The first-order chi connectivity index (χ1) is 14.6. The maximum atomic E-state index is 13.3. The Morgan fingerprint density at radius 1 is 1.03 bits per heavy atom. The molecule has 0 saturated carbocycles. The molecule has 30 heavy (non-hydrogen) atoms. The number of anilines is 2. The van der Waals surface area contributed by atoms with E-state index in [0.29, 0.717) is 13.1 Å². The summed E-state index contributed by atoms with van der Waals surface area (Å²) in [6, 6.07) is 7.96. The third-order valence-corrected chi connectivity index (χ3v) is 6.09. The second kappa shape index (κ2) is 9.98. The minimum Gasteiger partial charge on any atom is -0.376 e. The van der Waals surface area contributed by atoms with Crippen molar-refractivity contribution in [3.63, 3.8) is 0 Å². The normalized spacial score (nSPS) is 29.2. The van der Waals surface area contributed by atoms with E-state index < -0.39 is 0 Å². The highest BCUT2D eigenvalue weighted by molar-refractivity contribution is 5.93. The van der Waals surface area contributed by atoms with Crippen LogP contribution in [-0.4, -0.2) is 74.7 Å². The fourth-order valence-corrected chi connectivity index (χ4v) is 4.73. The molecular weight excluding hydrogens is 382 g/mol. The van der Waals surface area contributed by atoms with Gasteiger partial charge in [0, 0.05) is 39.4 Å². The number of hydrogen-bond donors (Lipinski definition) is 1. The van der Waals surface area contributed by atoms with Crippen molar-refractivity contribution >= 4 is 17.4 Å². The second-order valence-electron chi connectivity index (χ2n) is 8.78. The number of amides is 2. The van der Waals surface area contributed by atoms with Crippen molar-refractivity contribution in [3.05, 3.63) is 24.3 Å². The van der Waals surface area contributed by atoms with Crippen LogP contribution in [0.5, 0.6) is 0 Å². The predicted molar refractivity (Wildman–Crippen MR) is 117 cm³/mol. The SMILES string of the molecule is CC1CN(c2ccccc2NC(=O)N(CC2CCCO2)CC2CCCO2)CC(C)O1. The Hall–Kier alpha value is -1.83. The van der Waals surface area contributed by atoms with Crippen LogP contribution in [0.25, 0.3) is 0 Å². The van der Waals surface area contributed by atoms with E-state index in [1.54, 1.807) is 0 Å². The molecule has 0 spiro atoms. The lowest BCUT2D eigenvalue weighted by atomic mass is 10.1. The van der Waals surface area contributed by atoms with Crippen molar-refractivity contribution < 1.29 is 19.0 Å². The Morgan fingerprint density at radius 3 is 2.20 bits per heavy atom. The lowest BCUT2D eigenvalue weighted by Gasteiger charge is -2.38. The van der Waals surface area contributed by atoms with Gasteiger partial charge in [0.05, 0.1) is 35.8 Å². The number of morpholine rings is 1. The summed E-state index contributed by atoms with van der Waals surface area (Å²) in [6.45, 7) is 8.61. The minimum atomic E-state index is -0.0807. The van der Waals surface area contributed by atoms with Gasteiger partial charge in [0.2, 0.25) is 0 Å². The van der Waals surface area contributed by atoms with Crippen LogP contribution in [0.2, 0.25) is 0 Å². The van der Waals surface area contributed by atoms with Crippen LogP contribution in [0.3, 0.4) is 0 Å². The summed E-state index contributed by atoms with van der Waals surface area (Å²) in [4.78, 5) is 17.5. The molecule has 1 aromatic rings. The Morgan fingerprint density at radius 2 is 1.63 bits per heavy atom. The maximum Gasteiger partial charge on any atom is 0.322 e. The molecule has 2 amide bonds. The molecule has 0 aliphatic carbocycles. The Balaban J connectivity index is 1.47. The molecule has 166 valence electrons. The summed E-state index contributed by atoms with van der Waals surface area (Å²) in [7, 11) is 0. The molecule has 4 unspecified atom stereocenters. The average Bonchev–Trinajstić information content (AvgIpc) is 3.41. The molecule has 3 fully saturated rings. The van der Waals surface area contributed by atoms with Crippen LogP contribution in [0.15, 0.2) is 24.3 Å². The first-order valence-corrected chi connectivity index (χ1v) is 11.4. The van der Waals surface area contributed by atoms with Crippen LogP contribution in [0.4, 0.5) is 16.2 Å². The molecule has 3 aliphatic heterocycles. The summed E-state index contributed by atoms with van der Waals surface area (Å²) >= 11 is 0. The molecule has 3 aliphatic rings. The van der Waals surface area contributed by atoms with Crippen molar-refractivity contribution in [1.82, 2.24) is 4.90 Å². The third kappa shape index (κ3) is 5.45. The molecule has 4 atom stereocenters. The van der Waals surface area contributed by atoms with E-state index in [1.807, 2.05) is 23.1 Å². The van der Waals surface area contributed by atoms with Gasteiger partial charge < -0.3 is 29.3 Å². The number of urea groups is 1. The average molecular weight is 418 g/mol. The van der Waals surface area contributed by atoms with Crippen LogP contribution in [0, 0.1) is 0 Å². The van der Waals surface area contributed by atoms with Gasteiger partial charge in [-0.1, -0.05) is 12.1 Å². The number of nitrogens with zero attached hydrogens (tertiary/aromatic N) is 2. The molecule has 1 N–H and O–H groups in total. The van der Waals surface area contributed by atoms with Gasteiger partial charge in [0.25, 0.3) is 0 Å². The number of ether oxygens (including phenoxy) is 3. The van der Waals surface area contributed by atoms with Gasteiger partial charge in [0.15, 0.2) is 0 Å². The molecule has 0 aromatic heterocycles. The molecule has 0 radical (unpaired) electrons. The van der Waals surface area contributed by atoms with E-state index in [-0.39, 0.29) is 30.4 Å². The van der Waals surface area contributed by atoms with E-state index in [4.69, 9.17) is 14.2 Å². The number of rotatable bonds is 6. The van der Waals surface area contributed by atoms with Crippen molar-refractivity contribution in [3.8, 4) is 0 Å². The summed E-state index contributed by atoms with van der Waals surface area (Å²) in [6.07, 6.45) is 4.71. The number of benzene rings is 1. The monoisotopic (exact) mass is 417 g/mol. The van der Waals surface area contributed by atoms with E-state index in [2.05, 4.69) is 30.1 Å². The molecule has 7 heteroatoms. The number of hydrogen-bond acceptors (Lipinski definition) is 5. The van der Waals surface area contributed by atoms with Crippen LogP contribution >= 0.6 is 0 Å². The van der Waals surface area contributed by atoms with E-state index in [1.165, 1.54) is 0 Å². The van der Waals surface area contributed by atoms with Crippen LogP contribution in [0.1, 0.15) is 39.5 Å². The molecule has 4 rings (SSSR count). The van der Waals surface area contributed by atoms with Crippen molar-refractivity contribution in [1.29, 1.82) is 0 Å². The lowest BCUT2D eigenvalue weighted by molar-refractivity contribution is -0.00517. The molecule has 7 nitrogen and oxygen atoms in total. The summed E-state index contributed by atoms with van der Waals surface area (Å²) in [5, 5.41) is 3.18. The molecule has 0 bridgehead atoms. The van der Waals surface area contributed by atoms with Gasteiger partial charge in [-0.25, -0.2) is 4.79 Å². The fourth-order valence-electron chi connectivity index (χ4n) is 4.73. The highest BCUT2D eigenvalue weighted by Gasteiger charge is 2.28. The minimum absolute atomic E-state index is 0.0807. The molecule has 1 aromatic carbocycles. The summed E-state index contributed by atoms with van der Waals surface area (Å²) < 4.78 is 17.5. The first-order valence-electron chi connectivity index (χ1n) is 11.4. The van der Waals surface area contributed by atoms with Gasteiger partial charge in [0.1, 0.15) is 0 Å². The predicted octanol–water partition coefficient (Wildman–Crippen LogP) is 3.49. The van der Waals surface area contributed by atoms with Gasteiger partial charge in [-0.2, -0.15) is 0 Å². The first kappa shape index (κ1) is 21.4. The van der Waals surface area contributed by atoms with Crippen molar-refractivity contribution in [2.75, 3.05) is 49.6 Å². The number of carbonyl (C=O) groups excluding carboxylic acids is 1. The Labute approximate surface area is 179 Å². The van der Waals surface area contributed by atoms with Crippen molar-refractivity contribution in [2.24, 2.45) is 0 Å². The van der Waals surface area contributed by atoms with Gasteiger partial charge in [-0.15, -0.1) is 0 Å². The maximum absolute atomic E-state index is 13.3. The highest BCUT2D eigenvalue weighted by Crippen LogP contribution is 2.29. The van der Waals surface area contributed by atoms with Gasteiger partial charge >= 0.3 is 6.03 Å². The zero-order valence-corrected chi connectivity index (χ0v) is 18.2. The lowest BCUT2D eigenvalue weighted by Crippen LogP contribution is -2.46. The second-order valence-corrected chi connectivity index (χ2v) is 8.78. The van der Waals surface area contributed by atoms with Crippen molar-refractivity contribution in [2.45, 2.75) is 63.9 Å². The molecule has 3 heterocycles. The fraction of sp³-hybridized carbons (Fsp3) is 0.696. The smallest absolute Gasteiger partial charge is 0.322 e. The number of carbonyl (C=O) groups is 1. The summed E-state index contributed by atoms with van der Waals surface area (Å²) in [5.74, 6) is 0. The Kier molecular flexibility index (Phi) is 7.12. The third-order valence-electron chi connectivity index (χ3n) is 6.09. The van der Waals surface area contributed by atoms with Gasteiger partial charge in [-0.3, -0.25) is 0 Å². The zero-order chi connectivity index (χ0) is 20.9. The quantitative estimate of drug-likeness (QED) is 0.768. The van der Waals surface area contributed by atoms with Gasteiger partial charge in [-0.05, 0) is 51.7 Å². The van der Waals surface area contributed by atoms with E-state index in [9.17, 15) is 4.79 Å². The van der Waals surface area contributed by atoms with Crippen LogP contribution in [-0.2, 0) is 14.2 Å². The molecular formula is C23H35N3O4. The molecule has 3 saturated heterocycles. The van der Waals surface area contributed by atoms with E-state index in [0.717, 1.165) is 63.4 Å². The number of para-hydroxylation sites is 2. The summed E-state index contributed by atoms with van der Waals surface area (Å²) in [5.41, 5.74) is 1.88. The van der Waals surface area contributed by atoms with E-state index >= 15 is 0 Å². The topological polar surface area (TPSA) is 63.3 Å². The largest absolute Gasteiger partial charge is 0.376 e. The van der Waals surface area contributed by atoms with Crippen LogP contribution < -0.4 is 10.2 Å². The standard InChI is InChI=1S/C23H35N3O4/c1-17-13-25(14-18(2)30-17)22-10-4-3-9-21(22)24-23(27)26(15-19-7-5-11-28-19)16-20-8-6-12-29-20/h3-4,9-10,17-20H,5-8,11-16H2,1-2H3,(H,24,27).